The molecule has 3 rings (SSSR count). The molecule has 3 aromatic rings. The van der Waals surface area contributed by atoms with Crippen LogP contribution in [0.4, 0.5) is 0 Å². The summed E-state index contributed by atoms with van der Waals surface area (Å²) in [7, 11) is 0. The Kier molecular flexibility index (Phi) is 4.35. The minimum atomic E-state index is -0.342. The van der Waals surface area contributed by atoms with E-state index >= 15 is 0 Å². The summed E-state index contributed by atoms with van der Waals surface area (Å²) in [5, 5.41) is 1.49. The van der Waals surface area contributed by atoms with Crippen molar-refractivity contribution in [2.45, 2.75) is 6.42 Å². The molecule has 0 aliphatic heterocycles. The Labute approximate surface area is 133 Å². The van der Waals surface area contributed by atoms with Crippen LogP contribution < -0.4 is 0 Å². The maximum atomic E-state index is 12.3. The molecule has 0 saturated carbocycles. The predicted molar refractivity (Wildman–Crippen MR) is 87.2 cm³/mol. The molecule has 0 amide bonds. The zero-order valence-electron chi connectivity index (χ0n) is 11.8. The lowest BCUT2D eigenvalue weighted by Gasteiger charge is -2.08. The molecule has 3 nitrogen and oxygen atoms in total. The van der Waals surface area contributed by atoms with Crippen LogP contribution in [0.15, 0.2) is 60.8 Å². The number of fused-ring (bicyclic) bond motifs is 1. The second kappa shape index (κ2) is 6.58. The van der Waals surface area contributed by atoms with Gasteiger partial charge in [0, 0.05) is 23.0 Å². The summed E-state index contributed by atoms with van der Waals surface area (Å²) in [6.45, 7) is 0.291. The van der Waals surface area contributed by atoms with Crippen molar-refractivity contribution in [2.75, 3.05) is 6.61 Å². The van der Waals surface area contributed by atoms with Crippen LogP contribution in [0.25, 0.3) is 10.9 Å². The summed E-state index contributed by atoms with van der Waals surface area (Å²) in [5.41, 5.74) is 2.28. The Morgan fingerprint density at radius 2 is 1.82 bits per heavy atom. The third kappa shape index (κ3) is 3.10. The maximum Gasteiger partial charge on any atom is 0.338 e. The van der Waals surface area contributed by atoms with E-state index in [2.05, 4.69) is 4.98 Å². The third-order valence-corrected chi connectivity index (χ3v) is 3.80. The van der Waals surface area contributed by atoms with Crippen molar-refractivity contribution in [3.05, 3.63) is 76.9 Å². The first kappa shape index (κ1) is 14.5. The molecule has 0 saturated heterocycles. The molecule has 0 fully saturated rings. The number of rotatable bonds is 4. The largest absolute Gasteiger partial charge is 0.462 e. The summed E-state index contributed by atoms with van der Waals surface area (Å²) >= 11 is 6.09. The molecule has 0 spiro atoms. The van der Waals surface area contributed by atoms with Gasteiger partial charge in [0.25, 0.3) is 0 Å². The van der Waals surface area contributed by atoms with Crippen molar-refractivity contribution in [2.24, 2.45) is 0 Å². The van der Waals surface area contributed by atoms with E-state index in [4.69, 9.17) is 16.3 Å². The minimum Gasteiger partial charge on any atom is -0.462 e. The molecule has 1 aromatic heterocycles. The van der Waals surface area contributed by atoms with Crippen LogP contribution in [-0.2, 0) is 11.2 Å². The number of hydrogen-bond donors (Lipinski definition) is 0. The van der Waals surface area contributed by atoms with E-state index in [1.807, 2.05) is 48.5 Å². The number of carbonyl (C=O) groups is 1. The molecule has 0 N–H and O–H groups in total. The van der Waals surface area contributed by atoms with Crippen LogP contribution >= 0.6 is 11.6 Å². The fourth-order valence-corrected chi connectivity index (χ4v) is 2.54. The summed E-state index contributed by atoms with van der Waals surface area (Å²) in [4.78, 5) is 16.5. The van der Waals surface area contributed by atoms with Gasteiger partial charge < -0.3 is 4.74 Å². The van der Waals surface area contributed by atoms with Crippen LogP contribution in [0.3, 0.4) is 0 Å². The summed E-state index contributed by atoms with van der Waals surface area (Å²) < 4.78 is 5.37. The van der Waals surface area contributed by atoms with Gasteiger partial charge in [0.05, 0.1) is 17.7 Å². The van der Waals surface area contributed by atoms with E-state index in [0.717, 1.165) is 16.5 Å². The van der Waals surface area contributed by atoms with Gasteiger partial charge in [0.2, 0.25) is 0 Å². The fourth-order valence-electron chi connectivity index (χ4n) is 2.31. The monoisotopic (exact) mass is 311 g/mol. The number of carbonyl (C=O) groups excluding carboxylic acids is 1. The average Bonchev–Trinajstić information content (AvgIpc) is 2.56. The molecule has 22 heavy (non-hydrogen) atoms. The van der Waals surface area contributed by atoms with Gasteiger partial charge in [-0.1, -0.05) is 48.0 Å². The first-order valence-corrected chi connectivity index (χ1v) is 7.38. The van der Waals surface area contributed by atoms with E-state index in [1.165, 1.54) is 0 Å². The number of aromatic nitrogens is 1. The number of benzene rings is 2. The van der Waals surface area contributed by atoms with Gasteiger partial charge in [-0.2, -0.15) is 0 Å². The highest BCUT2D eigenvalue weighted by Crippen LogP contribution is 2.18. The number of ether oxygens (including phenoxy) is 1. The molecule has 0 unspecified atom stereocenters. The highest BCUT2D eigenvalue weighted by molar-refractivity contribution is 6.31. The molecule has 2 aromatic carbocycles. The van der Waals surface area contributed by atoms with Gasteiger partial charge in [0.15, 0.2) is 0 Å². The quantitative estimate of drug-likeness (QED) is 0.675. The second-order valence-electron chi connectivity index (χ2n) is 4.85. The van der Waals surface area contributed by atoms with Gasteiger partial charge in [-0.05, 0) is 23.8 Å². The van der Waals surface area contributed by atoms with E-state index in [-0.39, 0.29) is 5.97 Å². The minimum absolute atomic E-state index is 0.291. The molecular formula is C18H14ClNO2. The zero-order chi connectivity index (χ0) is 15.4. The Morgan fingerprint density at radius 3 is 2.68 bits per heavy atom. The molecule has 0 radical (unpaired) electrons. The Hall–Kier alpha value is -2.39. The molecule has 4 heteroatoms. The van der Waals surface area contributed by atoms with Crippen LogP contribution in [0.5, 0.6) is 0 Å². The Morgan fingerprint density at radius 1 is 1.05 bits per heavy atom. The first-order chi connectivity index (χ1) is 10.8. The third-order valence-electron chi connectivity index (χ3n) is 3.43. The van der Waals surface area contributed by atoms with Gasteiger partial charge in [-0.15, -0.1) is 0 Å². The molecule has 0 atom stereocenters. The van der Waals surface area contributed by atoms with Crippen molar-refractivity contribution >= 4 is 28.5 Å². The average molecular weight is 312 g/mol. The normalized spacial score (nSPS) is 10.6. The standard InChI is InChI=1S/C18H14ClNO2/c19-16-7-3-1-5-13(16)10-12-22-18(21)15-9-11-20-17-8-4-2-6-14(15)17/h1-9,11H,10,12H2. The fraction of sp³-hybridized carbons (Fsp3) is 0.111. The molecule has 0 bridgehead atoms. The number of halogens is 1. The van der Waals surface area contributed by atoms with Gasteiger partial charge in [-0.25, -0.2) is 4.79 Å². The molecule has 1 heterocycles. The smallest absolute Gasteiger partial charge is 0.338 e. The number of para-hydroxylation sites is 1. The maximum absolute atomic E-state index is 12.3. The van der Waals surface area contributed by atoms with E-state index in [1.54, 1.807) is 12.3 Å². The van der Waals surface area contributed by atoms with E-state index in [9.17, 15) is 4.79 Å². The lowest BCUT2D eigenvalue weighted by molar-refractivity contribution is 0.0511. The summed E-state index contributed by atoms with van der Waals surface area (Å²) in [5.74, 6) is -0.342. The van der Waals surface area contributed by atoms with Crippen molar-refractivity contribution in [3.8, 4) is 0 Å². The van der Waals surface area contributed by atoms with Crippen LogP contribution in [0.1, 0.15) is 15.9 Å². The number of esters is 1. The Balaban J connectivity index is 1.70. The van der Waals surface area contributed by atoms with Gasteiger partial charge >= 0.3 is 5.97 Å². The van der Waals surface area contributed by atoms with Crippen LogP contribution in [0.2, 0.25) is 5.02 Å². The lowest BCUT2D eigenvalue weighted by atomic mass is 10.1. The highest BCUT2D eigenvalue weighted by Gasteiger charge is 2.11. The van der Waals surface area contributed by atoms with Gasteiger partial charge in [-0.3, -0.25) is 4.98 Å². The SMILES string of the molecule is O=C(OCCc1ccccc1Cl)c1ccnc2ccccc12. The first-order valence-electron chi connectivity index (χ1n) is 7.00. The van der Waals surface area contributed by atoms with Crippen molar-refractivity contribution in [3.63, 3.8) is 0 Å². The van der Waals surface area contributed by atoms with Crippen LogP contribution in [-0.4, -0.2) is 17.6 Å². The van der Waals surface area contributed by atoms with Crippen molar-refractivity contribution in [1.29, 1.82) is 0 Å². The topological polar surface area (TPSA) is 39.2 Å². The number of pyridine rings is 1. The number of hydrogen-bond acceptors (Lipinski definition) is 3. The van der Waals surface area contributed by atoms with Crippen molar-refractivity contribution < 1.29 is 9.53 Å². The summed E-state index contributed by atoms with van der Waals surface area (Å²) in [6.07, 6.45) is 2.21. The van der Waals surface area contributed by atoms with E-state index in [0.29, 0.717) is 23.6 Å². The van der Waals surface area contributed by atoms with Gasteiger partial charge in [0.1, 0.15) is 0 Å². The zero-order valence-corrected chi connectivity index (χ0v) is 12.6. The Bertz CT molecular complexity index is 812. The molecule has 0 aliphatic rings. The highest BCUT2D eigenvalue weighted by atomic mass is 35.5. The molecular weight excluding hydrogens is 298 g/mol. The van der Waals surface area contributed by atoms with Crippen LogP contribution in [0, 0.1) is 0 Å². The predicted octanol–water partition coefficient (Wildman–Crippen LogP) is 4.29. The lowest BCUT2D eigenvalue weighted by Crippen LogP contribution is -2.09. The van der Waals surface area contributed by atoms with E-state index < -0.39 is 0 Å². The molecule has 0 aliphatic carbocycles. The molecule has 110 valence electrons. The summed E-state index contributed by atoms with van der Waals surface area (Å²) in [6, 6.07) is 16.7. The van der Waals surface area contributed by atoms with Crippen molar-refractivity contribution in [1.82, 2.24) is 4.98 Å². The number of nitrogens with zero attached hydrogens (tertiary/aromatic N) is 1. The second-order valence-corrected chi connectivity index (χ2v) is 5.26.